The number of aromatic hydroxyl groups is 1. The second-order valence-electron chi connectivity index (χ2n) is 14.2. The van der Waals surface area contributed by atoms with E-state index >= 15 is 0 Å². The zero-order chi connectivity index (χ0) is 37.7. The van der Waals surface area contributed by atoms with Gasteiger partial charge in [0.25, 0.3) is 0 Å². The predicted molar refractivity (Wildman–Crippen MR) is 206 cm³/mol. The Morgan fingerprint density at radius 2 is 1.77 bits per heavy atom. The smallest absolute Gasteiger partial charge is 0.315 e. The molecule has 0 bridgehead atoms. The van der Waals surface area contributed by atoms with Crippen LogP contribution >= 0.6 is 11.8 Å². The topological polar surface area (TPSA) is 165 Å². The predicted octanol–water partition coefficient (Wildman–Crippen LogP) is 5.67. The number of phenolic OH excluding ortho intramolecular Hbond substituents is 1. The van der Waals surface area contributed by atoms with E-state index in [9.17, 15) is 24.3 Å². The highest BCUT2D eigenvalue weighted by molar-refractivity contribution is 8.00. The van der Waals surface area contributed by atoms with Crippen molar-refractivity contribution >= 4 is 40.5 Å². The Hall–Kier alpha value is -4.07. The molecule has 288 valence electrons. The molecule has 2 aromatic carbocycles. The highest BCUT2D eigenvalue weighted by Crippen LogP contribution is 2.37. The number of phenols is 1. The van der Waals surface area contributed by atoms with Crippen molar-refractivity contribution in [2.45, 2.75) is 89.5 Å². The third-order valence-corrected chi connectivity index (χ3v) is 11.0. The molecule has 3 amide bonds. The number of nitrogens with one attached hydrogen (secondary N) is 3. The van der Waals surface area contributed by atoms with E-state index in [1.165, 1.54) is 12.1 Å². The van der Waals surface area contributed by atoms with E-state index < -0.39 is 0 Å². The maximum absolute atomic E-state index is 13.2. The summed E-state index contributed by atoms with van der Waals surface area (Å²) in [4.78, 5) is 49.5. The van der Waals surface area contributed by atoms with E-state index in [1.807, 2.05) is 43.0 Å². The van der Waals surface area contributed by atoms with E-state index in [2.05, 4.69) is 29.8 Å². The number of rotatable bonds is 22. The Bertz CT molecular complexity index is 1760. The second-order valence-corrected chi connectivity index (χ2v) is 15.5. The van der Waals surface area contributed by atoms with Crippen LogP contribution in [0.25, 0.3) is 22.3 Å². The fourth-order valence-electron chi connectivity index (χ4n) is 6.55. The summed E-state index contributed by atoms with van der Waals surface area (Å²) in [7, 11) is 0. The average Bonchev–Trinajstić information content (AvgIpc) is 3.68. The molecular formula is C40H53N3O9S. The molecule has 3 aromatic rings. The number of aryl methyl sites for hydroxylation is 2. The summed E-state index contributed by atoms with van der Waals surface area (Å²) in [6.45, 7) is 7.96. The zero-order valence-corrected chi connectivity index (χ0v) is 31.8. The molecule has 0 radical (unpaired) electrons. The minimum atomic E-state index is -0.347. The SMILES string of the molecule is Cc1ccc(-c2cc(=O)c3c(O)cc(OCC(=O)CCCOCCOCCNC(=O)CCCCC4SCC5NC(=O)NC54)c(CCC(C)C)c3o2)cc1. The molecule has 3 atom stereocenters. The number of carbonyl (C=O) groups is 3. The molecule has 2 aliphatic rings. The van der Waals surface area contributed by atoms with Crippen molar-refractivity contribution in [2.24, 2.45) is 5.92 Å². The number of ether oxygens (including phenoxy) is 3. The molecule has 0 spiro atoms. The molecule has 2 fully saturated rings. The normalized spacial score (nSPS) is 17.9. The molecule has 1 aromatic heterocycles. The summed E-state index contributed by atoms with van der Waals surface area (Å²) < 4.78 is 23.4. The summed E-state index contributed by atoms with van der Waals surface area (Å²) in [6, 6.07) is 10.8. The van der Waals surface area contributed by atoms with E-state index in [4.69, 9.17) is 18.6 Å². The number of carbonyl (C=O) groups excluding carboxylic acids is 3. The Morgan fingerprint density at radius 1 is 1.00 bits per heavy atom. The number of Topliss-reactive ketones (excluding diaryl/α,β-unsaturated/α-hetero) is 1. The molecule has 0 saturated carbocycles. The highest BCUT2D eigenvalue weighted by atomic mass is 32.2. The van der Waals surface area contributed by atoms with Gasteiger partial charge < -0.3 is 39.7 Å². The number of benzene rings is 2. The summed E-state index contributed by atoms with van der Waals surface area (Å²) in [6.07, 6.45) is 5.33. The lowest BCUT2D eigenvalue weighted by atomic mass is 9.99. The fraction of sp³-hybridized carbons (Fsp3) is 0.550. The van der Waals surface area contributed by atoms with Crippen molar-refractivity contribution in [1.29, 1.82) is 0 Å². The third kappa shape index (κ3) is 11.7. The molecule has 13 heteroatoms. The van der Waals surface area contributed by atoms with Gasteiger partial charge in [-0.3, -0.25) is 14.4 Å². The standard InChI is InChI=1S/C40H53N3O9S/c1-25(2)10-15-29-34(22-32(46)37-31(45)21-33(52-39(29)37)27-13-11-26(3)12-14-27)51-23-28(44)7-6-17-49-19-20-50-18-16-41-36(47)9-5-4-8-35-38-30(24-53-35)42-40(48)43-38/h11-14,21-22,25,30,35,38,46H,4-10,15-20,23-24H2,1-3H3,(H,41,47)(H2,42,43,48). The fourth-order valence-corrected chi connectivity index (χ4v) is 8.10. The van der Waals surface area contributed by atoms with Gasteiger partial charge in [0.05, 0.1) is 31.9 Å². The van der Waals surface area contributed by atoms with Crippen LogP contribution in [0, 0.1) is 12.8 Å². The van der Waals surface area contributed by atoms with Gasteiger partial charge in [-0.15, -0.1) is 0 Å². The van der Waals surface area contributed by atoms with E-state index in [1.54, 1.807) is 0 Å². The van der Waals surface area contributed by atoms with Crippen LogP contribution in [-0.4, -0.2) is 85.5 Å². The van der Waals surface area contributed by atoms with Gasteiger partial charge in [0.2, 0.25) is 5.91 Å². The first kappa shape index (κ1) is 40.1. The Kier molecular flexibility index (Phi) is 15.0. The van der Waals surface area contributed by atoms with Crippen LogP contribution in [-0.2, 0) is 25.5 Å². The van der Waals surface area contributed by atoms with Gasteiger partial charge in [0.15, 0.2) is 11.2 Å². The van der Waals surface area contributed by atoms with Crippen molar-refractivity contribution in [3.8, 4) is 22.8 Å². The number of unbranched alkanes of at least 4 members (excludes halogenated alkanes) is 1. The summed E-state index contributed by atoms with van der Waals surface area (Å²) in [5.41, 5.74) is 2.41. The molecular weight excluding hydrogens is 699 g/mol. The maximum atomic E-state index is 13.2. The van der Waals surface area contributed by atoms with Crippen LogP contribution < -0.4 is 26.1 Å². The number of ketones is 1. The van der Waals surface area contributed by atoms with Crippen LogP contribution in [0.1, 0.15) is 69.9 Å². The van der Waals surface area contributed by atoms with Gasteiger partial charge >= 0.3 is 6.03 Å². The molecule has 12 nitrogen and oxygen atoms in total. The molecule has 0 aliphatic carbocycles. The van der Waals surface area contributed by atoms with Crippen LogP contribution in [0.2, 0.25) is 0 Å². The third-order valence-electron chi connectivity index (χ3n) is 9.51. The number of hydrogen-bond acceptors (Lipinski definition) is 10. The molecule has 3 heterocycles. The van der Waals surface area contributed by atoms with Crippen LogP contribution in [0.3, 0.4) is 0 Å². The number of urea groups is 1. The van der Waals surface area contributed by atoms with E-state index in [-0.39, 0.29) is 65.0 Å². The van der Waals surface area contributed by atoms with Crippen molar-refractivity contribution in [3.63, 3.8) is 0 Å². The monoisotopic (exact) mass is 751 g/mol. The lowest BCUT2D eigenvalue weighted by molar-refractivity contribution is -0.122. The van der Waals surface area contributed by atoms with Crippen LogP contribution in [0.4, 0.5) is 4.79 Å². The number of amides is 3. The zero-order valence-electron chi connectivity index (χ0n) is 31.0. The van der Waals surface area contributed by atoms with Gasteiger partial charge in [-0.2, -0.15) is 11.8 Å². The summed E-state index contributed by atoms with van der Waals surface area (Å²) >= 11 is 1.89. The van der Waals surface area contributed by atoms with Crippen LogP contribution in [0.5, 0.6) is 11.5 Å². The lowest BCUT2D eigenvalue weighted by Crippen LogP contribution is -2.36. The summed E-state index contributed by atoms with van der Waals surface area (Å²) in [5.74, 6) is 1.68. The molecule has 2 saturated heterocycles. The van der Waals surface area contributed by atoms with Crippen molar-refractivity contribution in [3.05, 3.63) is 57.7 Å². The molecule has 5 rings (SSSR count). The number of fused-ring (bicyclic) bond motifs is 2. The Morgan fingerprint density at radius 3 is 2.55 bits per heavy atom. The van der Waals surface area contributed by atoms with Crippen LogP contribution in [0.15, 0.2) is 45.6 Å². The van der Waals surface area contributed by atoms with Gasteiger partial charge in [-0.25, -0.2) is 4.79 Å². The van der Waals surface area contributed by atoms with Gasteiger partial charge in [0, 0.05) is 60.3 Å². The molecule has 53 heavy (non-hydrogen) atoms. The van der Waals surface area contributed by atoms with Crippen molar-refractivity contribution in [1.82, 2.24) is 16.0 Å². The average molecular weight is 752 g/mol. The quantitative estimate of drug-likeness (QED) is 0.0743. The minimum Gasteiger partial charge on any atom is -0.507 e. The van der Waals surface area contributed by atoms with E-state index in [0.29, 0.717) is 80.5 Å². The van der Waals surface area contributed by atoms with Crippen molar-refractivity contribution < 1.29 is 38.1 Å². The second kappa shape index (κ2) is 19.8. The molecule has 2 aliphatic heterocycles. The largest absolute Gasteiger partial charge is 0.507 e. The molecule has 4 N–H and O–H groups in total. The summed E-state index contributed by atoms with van der Waals surface area (Å²) in [5, 5.41) is 20.2. The highest BCUT2D eigenvalue weighted by Gasteiger charge is 2.42. The Balaban J connectivity index is 0.963. The first-order valence-corrected chi connectivity index (χ1v) is 19.8. The minimum absolute atomic E-state index is 0.00864. The first-order valence-electron chi connectivity index (χ1n) is 18.7. The maximum Gasteiger partial charge on any atom is 0.315 e. The van der Waals surface area contributed by atoms with E-state index in [0.717, 1.165) is 42.6 Å². The van der Waals surface area contributed by atoms with Crippen molar-refractivity contribution in [2.75, 3.05) is 45.3 Å². The Labute approximate surface area is 315 Å². The first-order chi connectivity index (χ1) is 25.6. The number of thioether (sulfide) groups is 1. The lowest BCUT2D eigenvalue weighted by Gasteiger charge is -2.16. The van der Waals surface area contributed by atoms with Gasteiger partial charge in [0.1, 0.15) is 34.8 Å². The van der Waals surface area contributed by atoms with Gasteiger partial charge in [-0.1, -0.05) is 50.1 Å². The number of hydrogen-bond donors (Lipinski definition) is 4. The van der Waals surface area contributed by atoms with Gasteiger partial charge in [-0.05, 0) is 44.9 Å². The molecule has 3 unspecified atom stereocenters.